The molecule has 0 aliphatic heterocycles. The van der Waals surface area contributed by atoms with Crippen LogP contribution in [0.25, 0.3) is 21.9 Å². The molecule has 142 valence electrons. The van der Waals surface area contributed by atoms with Gasteiger partial charge in [-0.2, -0.15) is 0 Å². The van der Waals surface area contributed by atoms with Crippen LogP contribution in [0.2, 0.25) is 0 Å². The minimum Gasteiger partial charge on any atom is -0.497 e. The van der Waals surface area contributed by atoms with Gasteiger partial charge in [-0.15, -0.1) is 0 Å². The lowest BCUT2D eigenvalue weighted by Gasteiger charge is -2.15. The average molecular weight is 374 g/mol. The number of anilines is 1. The molecule has 0 bridgehead atoms. The molecular weight excluding hydrogens is 352 g/mol. The largest absolute Gasteiger partial charge is 0.497 e. The van der Waals surface area contributed by atoms with Crippen LogP contribution in [0.3, 0.4) is 0 Å². The molecule has 1 aromatic heterocycles. The van der Waals surface area contributed by atoms with Gasteiger partial charge in [0.2, 0.25) is 5.91 Å². The van der Waals surface area contributed by atoms with Crippen LogP contribution in [-0.2, 0) is 11.3 Å². The minimum absolute atomic E-state index is 0.0621. The quantitative estimate of drug-likeness (QED) is 0.513. The zero-order chi connectivity index (χ0) is 19.5. The number of carbonyl (C=O) groups is 1. The van der Waals surface area contributed by atoms with E-state index in [0.717, 1.165) is 38.9 Å². The molecule has 0 aliphatic carbocycles. The van der Waals surface area contributed by atoms with Crippen LogP contribution in [0.15, 0.2) is 71.1 Å². The Kier molecular flexibility index (Phi) is 4.89. The van der Waals surface area contributed by atoms with Gasteiger partial charge in [0.1, 0.15) is 23.0 Å². The summed E-state index contributed by atoms with van der Waals surface area (Å²) in [4.78, 5) is 12.5. The van der Waals surface area contributed by atoms with E-state index < -0.39 is 0 Å². The van der Waals surface area contributed by atoms with Gasteiger partial charge in [0, 0.05) is 23.0 Å². The molecule has 1 heterocycles. The van der Waals surface area contributed by atoms with E-state index in [0.29, 0.717) is 6.54 Å². The van der Waals surface area contributed by atoms with Crippen LogP contribution < -0.4 is 15.4 Å². The van der Waals surface area contributed by atoms with E-state index in [1.54, 1.807) is 7.11 Å². The highest BCUT2D eigenvalue weighted by Gasteiger charge is 2.13. The maximum Gasteiger partial charge on any atom is 0.242 e. The van der Waals surface area contributed by atoms with Crippen molar-refractivity contribution in [3.63, 3.8) is 0 Å². The van der Waals surface area contributed by atoms with Crippen molar-refractivity contribution in [1.29, 1.82) is 0 Å². The van der Waals surface area contributed by atoms with Gasteiger partial charge in [0.05, 0.1) is 7.11 Å². The SMILES string of the molecule is COc1ccc(CNC(=O)[C@H](C)Nc2ccc3oc4ccccc4c3c2)cc1. The van der Waals surface area contributed by atoms with Crippen molar-refractivity contribution in [3.05, 3.63) is 72.3 Å². The molecule has 5 heteroatoms. The summed E-state index contributed by atoms with van der Waals surface area (Å²) >= 11 is 0. The molecule has 3 aromatic carbocycles. The lowest BCUT2D eigenvalue weighted by atomic mass is 10.1. The van der Waals surface area contributed by atoms with Crippen molar-refractivity contribution < 1.29 is 13.9 Å². The molecule has 0 unspecified atom stereocenters. The van der Waals surface area contributed by atoms with E-state index >= 15 is 0 Å². The number of hydrogen-bond donors (Lipinski definition) is 2. The lowest BCUT2D eigenvalue weighted by Crippen LogP contribution is -2.37. The van der Waals surface area contributed by atoms with Crippen molar-refractivity contribution >= 4 is 33.5 Å². The molecule has 0 saturated carbocycles. The number of benzene rings is 3. The Labute approximate surface area is 163 Å². The molecule has 5 nitrogen and oxygen atoms in total. The number of hydrogen-bond acceptors (Lipinski definition) is 4. The fourth-order valence-corrected chi connectivity index (χ4v) is 3.22. The summed E-state index contributed by atoms with van der Waals surface area (Å²) in [5.74, 6) is 0.736. The number of para-hydroxylation sites is 1. The summed E-state index contributed by atoms with van der Waals surface area (Å²) in [7, 11) is 1.63. The maximum atomic E-state index is 12.5. The molecule has 0 aliphatic rings. The summed E-state index contributed by atoms with van der Waals surface area (Å²) in [5, 5.41) is 8.33. The van der Waals surface area contributed by atoms with Gasteiger partial charge in [-0.1, -0.05) is 30.3 Å². The first-order valence-electron chi connectivity index (χ1n) is 9.22. The molecular formula is C23H22N2O3. The Hall–Kier alpha value is -3.47. The van der Waals surface area contributed by atoms with Crippen LogP contribution in [0.5, 0.6) is 5.75 Å². The van der Waals surface area contributed by atoms with Crippen molar-refractivity contribution in [2.75, 3.05) is 12.4 Å². The van der Waals surface area contributed by atoms with Gasteiger partial charge in [-0.3, -0.25) is 4.79 Å². The Balaban J connectivity index is 1.42. The van der Waals surface area contributed by atoms with Crippen LogP contribution in [-0.4, -0.2) is 19.1 Å². The Morgan fingerprint density at radius 3 is 2.54 bits per heavy atom. The van der Waals surface area contributed by atoms with E-state index in [2.05, 4.69) is 10.6 Å². The highest BCUT2D eigenvalue weighted by atomic mass is 16.5. The minimum atomic E-state index is -0.367. The number of furan rings is 1. The molecule has 0 saturated heterocycles. The number of nitrogens with one attached hydrogen (secondary N) is 2. The molecule has 0 fully saturated rings. The van der Waals surface area contributed by atoms with Gasteiger partial charge in [0.25, 0.3) is 0 Å². The predicted octanol–water partition coefficient (Wildman–Crippen LogP) is 4.71. The van der Waals surface area contributed by atoms with Gasteiger partial charge in [-0.25, -0.2) is 0 Å². The third kappa shape index (κ3) is 3.64. The molecule has 1 atom stereocenters. The van der Waals surface area contributed by atoms with Crippen molar-refractivity contribution in [2.45, 2.75) is 19.5 Å². The molecule has 2 N–H and O–H groups in total. The monoisotopic (exact) mass is 374 g/mol. The smallest absolute Gasteiger partial charge is 0.242 e. The van der Waals surface area contributed by atoms with Gasteiger partial charge in [-0.05, 0) is 48.9 Å². The maximum absolute atomic E-state index is 12.5. The highest BCUT2D eigenvalue weighted by Crippen LogP contribution is 2.30. The Bertz CT molecular complexity index is 1120. The summed E-state index contributed by atoms with van der Waals surface area (Å²) < 4.78 is 11.0. The molecule has 1 amide bonds. The average Bonchev–Trinajstić information content (AvgIpc) is 3.10. The Morgan fingerprint density at radius 1 is 1.00 bits per heavy atom. The molecule has 4 rings (SSSR count). The summed E-state index contributed by atoms with van der Waals surface area (Å²) in [6.07, 6.45) is 0. The van der Waals surface area contributed by atoms with Crippen molar-refractivity contribution in [1.82, 2.24) is 5.32 Å². The van der Waals surface area contributed by atoms with E-state index in [1.165, 1.54) is 0 Å². The van der Waals surface area contributed by atoms with E-state index in [1.807, 2.05) is 73.7 Å². The van der Waals surface area contributed by atoms with Gasteiger partial charge in [0.15, 0.2) is 0 Å². The number of ether oxygens (including phenoxy) is 1. The zero-order valence-electron chi connectivity index (χ0n) is 15.9. The number of amides is 1. The summed E-state index contributed by atoms with van der Waals surface area (Å²) in [5.41, 5.74) is 3.60. The second-order valence-electron chi connectivity index (χ2n) is 6.74. The first-order chi connectivity index (χ1) is 13.6. The summed E-state index contributed by atoms with van der Waals surface area (Å²) in [6.45, 7) is 2.32. The lowest BCUT2D eigenvalue weighted by molar-refractivity contribution is -0.121. The third-order valence-electron chi connectivity index (χ3n) is 4.78. The van der Waals surface area contributed by atoms with Crippen molar-refractivity contribution in [3.8, 4) is 5.75 Å². The topological polar surface area (TPSA) is 63.5 Å². The van der Waals surface area contributed by atoms with Crippen molar-refractivity contribution in [2.24, 2.45) is 0 Å². The molecule has 0 spiro atoms. The first-order valence-corrected chi connectivity index (χ1v) is 9.22. The fourth-order valence-electron chi connectivity index (χ4n) is 3.22. The van der Waals surface area contributed by atoms with E-state index in [9.17, 15) is 4.79 Å². The van der Waals surface area contributed by atoms with Crippen LogP contribution in [0.1, 0.15) is 12.5 Å². The van der Waals surface area contributed by atoms with Crippen LogP contribution in [0.4, 0.5) is 5.69 Å². The standard InChI is InChI=1S/C23H22N2O3/c1-15(23(26)24-14-16-7-10-18(27-2)11-8-16)25-17-9-12-22-20(13-17)19-5-3-4-6-21(19)28-22/h3-13,15,25H,14H2,1-2H3,(H,24,26)/t15-/m0/s1. The molecule has 0 radical (unpaired) electrons. The predicted molar refractivity (Wildman–Crippen MR) is 112 cm³/mol. The molecule has 4 aromatic rings. The first kappa shape index (κ1) is 17.9. The number of carbonyl (C=O) groups excluding carboxylic acids is 1. The van der Waals surface area contributed by atoms with Gasteiger partial charge < -0.3 is 19.8 Å². The normalized spacial score (nSPS) is 12.1. The molecule has 28 heavy (non-hydrogen) atoms. The van der Waals surface area contributed by atoms with E-state index in [4.69, 9.17) is 9.15 Å². The van der Waals surface area contributed by atoms with Crippen LogP contribution in [0, 0.1) is 0 Å². The fraction of sp³-hybridized carbons (Fsp3) is 0.174. The highest BCUT2D eigenvalue weighted by molar-refractivity contribution is 6.06. The zero-order valence-corrected chi connectivity index (χ0v) is 15.9. The third-order valence-corrected chi connectivity index (χ3v) is 4.78. The number of rotatable bonds is 6. The second kappa shape index (κ2) is 7.64. The number of methoxy groups -OCH3 is 1. The van der Waals surface area contributed by atoms with Gasteiger partial charge >= 0.3 is 0 Å². The van der Waals surface area contributed by atoms with Crippen LogP contribution >= 0.6 is 0 Å². The van der Waals surface area contributed by atoms with E-state index in [-0.39, 0.29) is 11.9 Å². The summed E-state index contributed by atoms with van der Waals surface area (Å²) in [6, 6.07) is 21.1. The second-order valence-corrected chi connectivity index (χ2v) is 6.74. The Morgan fingerprint density at radius 2 is 1.75 bits per heavy atom. The number of fused-ring (bicyclic) bond motifs is 3.